The van der Waals surface area contributed by atoms with E-state index in [1.165, 1.54) is 11.3 Å². The molecule has 0 saturated carbocycles. The Balaban J connectivity index is 2.37. The lowest BCUT2D eigenvalue weighted by Crippen LogP contribution is -2.31. The summed E-state index contributed by atoms with van der Waals surface area (Å²) in [5.74, 6) is -0.0404. The quantitative estimate of drug-likeness (QED) is 0.894. The topological polar surface area (TPSA) is 68.0 Å². The molecule has 1 unspecified atom stereocenters. The molecule has 2 rings (SSSR count). The first-order chi connectivity index (χ1) is 8.51. The predicted octanol–water partition coefficient (Wildman–Crippen LogP) is 2.72. The Morgan fingerprint density at radius 3 is 2.94 bits per heavy atom. The van der Waals surface area contributed by atoms with Gasteiger partial charge in [-0.25, -0.2) is 4.98 Å². The van der Waals surface area contributed by atoms with E-state index in [0.717, 1.165) is 22.2 Å². The summed E-state index contributed by atoms with van der Waals surface area (Å²) in [6, 6.07) is 3.90. The lowest BCUT2D eigenvalue weighted by atomic mass is 10.1. The summed E-state index contributed by atoms with van der Waals surface area (Å²) in [5.41, 5.74) is 8.23. The third-order valence-corrected chi connectivity index (χ3v) is 3.79. The minimum Gasteiger partial charge on any atom is -0.375 e. The van der Waals surface area contributed by atoms with Crippen molar-refractivity contribution in [2.45, 2.75) is 33.2 Å². The molecule has 1 aromatic carbocycles. The maximum Gasteiger partial charge on any atom is 0.251 e. The van der Waals surface area contributed by atoms with Gasteiger partial charge in [0.25, 0.3) is 5.91 Å². The van der Waals surface area contributed by atoms with E-state index in [-0.39, 0.29) is 11.9 Å². The molecule has 0 aliphatic heterocycles. The Morgan fingerprint density at radius 2 is 2.28 bits per heavy atom. The van der Waals surface area contributed by atoms with E-state index >= 15 is 0 Å². The summed E-state index contributed by atoms with van der Waals surface area (Å²) in [6.07, 6.45) is 0.917. The number of aryl methyl sites for hydroxylation is 1. The van der Waals surface area contributed by atoms with E-state index in [4.69, 9.17) is 5.73 Å². The smallest absolute Gasteiger partial charge is 0.251 e. The molecule has 0 spiro atoms. The first kappa shape index (κ1) is 12.8. The monoisotopic (exact) mass is 263 g/mol. The van der Waals surface area contributed by atoms with Crippen molar-refractivity contribution >= 4 is 32.6 Å². The van der Waals surface area contributed by atoms with Crippen molar-refractivity contribution in [3.63, 3.8) is 0 Å². The van der Waals surface area contributed by atoms with Crippen LogP contribution in [0, 0.1) is 6.92 Å². The van der Waals surface area contributed by atoms with Crippen molar-refractivity contribution in [3.05, 3.63) is 23.3 Å². The van der Waals surface area contributed by atoms with Gasteiger partial charge in [0.05, 0.1) is 10.2 Å². The van der Waals surface area contributed by atoms with E-state index in [0.29, 0.717) is 10.7 Å². The number of nitrogens with two attached hydrogens (primary N) is 1. The molecule has 1 amide bonds. The maximum atomic E-state index is 12.1. The molecule has 0 radical (unpaired) electrons. The fourth-order valence-electron chi connectivity index (χ4n) is 1.75. The van der Waals surface area contributed by atoms with Gasteiger partial charge in [0, 0.05) is 11.6 Å². The number of thiazole rings is 1. The van der Waals surface area contributed by atoms with E-state index in [1.54, 1.807) is 0 Å². The van der Waals surface area contributed by atoms with E-state index in [1.807, 2.05) is 32.9 Å². The molecule has 0 saturated heterocycles. The van der Waals surface area contributed by atoms with Crippen LogP contribution in [0.2, 0.25) is 0 Å². The second-order valence-corrected chi connectivity index (χ2v) is 5.54. The number of nitrogens with zero attached hydrogens (tertiary/aromatic N) is 1. The summed E-state index contributed by atoms with van der Waals surface area (Å²) in [4.78, 5) is 16.3. The molecular weight excluding hydrogens is 246 g/mol. The van der Waals surface area contributed by atoms with Crippen molar-refractivity contribution < 1.29 is 4.79 Å². The molecule has 1 aromatic heterocycles. The summed E-state index contributed by atoms with van der Waals surface area (Å²) in [7, 11) is 0. The minimum absolute atomic E-state index is 0.0404. The second kappa shape index (κ2) is 4.94. The SMILES string of the molecule is CCC(C)NC(=O)c1cc(C)c2nc(N)sc2c1. The Hall–Kier alpha value is -1.62. The number of carbonyl (C=O) groups excluding carboxylic acids is 1. The molecule has 0 bridgehead atoms. The number of rotatable bonds is 3. The number of aromatic nitrogens is 1. The Kier molecular flexibility index (Phi) is 3.52. The average Bonchev–Trinajstić information content (AvgIpc) is 2.69. The molecule has 4 nitrogen and oxygen atoms in total. The number of amides is 1. The van der Waals surface area contributed by atoms with E-state index in [9.17, 15) is 4.79 Å². The van der Waals surface area contributed by atoms with E-state index in [2.05, 4.69) is 10.3 Å². The molecule has 0 aliphatic rings. The van der Waals surface area contributed by atoms with Gasteiger partial charge in [0.2, 0.25) is 0 Å². The minimum atomic E-state index is -0.0404. The van der Waals surface area contributed by atoms with Gasteiger partial charge in [-0.15, -0.1) is 0 Å². The highest BCUT2D eigenvalue weighted by Gasteiger charge is 2.12. The number of anilines is 1. The Morgan fingerprint density at radius 1 is 1.56 bits per heavy atom. The number of hydrogen-bond donors (Lipinski definition) is 2. The lowest BCUT2D eigenvalue weighted by molar-refractivity contribution is 0.0939. The third kappa shape index (κ3) is 2.46. The zero-order chi connectivity index (χ0) is 13.3. The summed E-state index contributed by atoms with van der Waals surface area (Å²) in [5, 5.41) is 3.49. The van der Waals surface area contributed by atoms with Gasteiger partial charge < -0.3 is 11.1 Å². The third-order valence-electron chi connectivity index (χ3n) is 2.95. The molecular formula is C13H17N3OS. The highest BCUT2D eigenvalue weighted by molar-refractivity contribution is 7.22. The first-order valence-electron chi connectivity index (χ1n) is 5.98. The second-order valence-electron chi connectivity index (χ2n) is 4.47. The first-order valence-corrected chi connectivity index (χ1v) is 6.80. The van der Waals surface area contributed by atoms with Crippen LogP contribution in [0.3, 0.4) is 0 Å². The summed E-state index contributed by atoms with van der Waals surface area (Å²) < 4.78 is 0.960. The number of hydrogen-bond acceptors (Lipinski definition) is 4. The number of carbonyl (C=O) groups is 1. The van der Waals surface area contributed by atoms with Crippen LogP contribution in [0.1, 0.15) is 36.2 Å². The standard InChI is InChI=1S/C13H17N3OS/c1-4-8(3)15-12(17)9-5-7(2)11-10(6-9)18-13(14)16-11/h5-6,8H,4H2,1-3H3,(H2,14,16)(H,15,17). The summed E-state index contributed by atoms with van der Waals surface area (Å²) in [6.45, 7) is 5.98. The molecule has 96 valence electrons. The highest BCUT2D eigenvalue weighted by Crippen LogP contribution is 2.27. The van der Waals surface area contributed by atoms with Crippen LogP contribution in [0.25, 0.3) is 10.2 Å². The fraction of sp³-hybridized carbons (Fsp3) is 0.385. The van der Waals surface area contributed by atoms with Crippen molar-refractivity contribution in [2.24, 2.45) is 0 Å². The Bertz CT molecular complexity index is 591. The van der Waals surface area contributed by atoms with Gasteiger partial charge >= 0.3 is 0 Å². The zero-order valence-electron chi connectivity index (χ0n) is 10.8. The van der Waals surface area contributed by atoms with Crippen LogP contribution in [0.5, 0.6) is 0 Å². The molecule has 18 heavy (non-hydrogen) atoms. The normalized spacial score (nSPS) is 12.6. The number of benzene rings is 1. The fourth-order valence-corrected chi connectivity index (χ4v) is 2.61. The largest absolute Gasteiger partial charge is 0.375 e. The van der Waals surface area contributed by atoms with Crippen LogP contribution in [0.4, 0.5) is 5.13 Å². The highest BCUT2D eigenvalue weighted by atomic mass is 32.1. The van der Waals surface area contributed by atoms with Crippen LogP contribution in [-0.4, -0.2) is 16.9 Å². The predicted molar refractivity (Wildman–Crippen MR) is 76.0 cm³/mol. The maximum absolute atomic E-state index is 12.1. The van der Waals surface area contributed by atoms with Crippen molar-refractivity contribution in [1.82, 2.24) is 10.3 Å². The average molecular weight is 263 g/mol. The van der Waals surface area contributed by atoms with Gasteiger partial charge in [-0.1, -0.05) is 18.3 Å². The molecule has 1 atom stereocenters. The number of fused-ring (bicyclic) bond motifs is 1. The molecule has 5 heteroatoms. The van der Waals surface area contributed by atoms with Crippen molar-refractivity contribution in [2.75, 3.05) is 5.73 Å². The van der Waals surface area contributed by atoms with Gasteiger partial charge in [-0.2, -0.15) is 0 Å². The molecule has 0 fully saturated rings. The molecule has 3 N–H and O–H groups in total. The molecule has 0 aliphatic carbocycles. The van der Waals surface area contributed by atoms with Gasteiger partial charge in [-0.05, 0) is 38.0 Å². The van der Waals surface area contributed by atoms with Crippen LogP contribution in [0.15, 0.2) is 12.1 Å². The summed E-state index contributed by atoms with van der Waals surface area (Å²) >= 11 is 1.41. The van der Waals surface area contributed by atoms with Gasteiger partial charge in [0.15, 0.2) is 5.13 Å². The molecule has 1 heterocycles. The lowest BCUT2D eigenvalue weighted by Gasteiger charge is -2.11. The molecule has 2 aromatic rings. The van der Waals surface area contributed by atoms with Crippen molar-refractivity contribution in [3.8, 4) is 0 Å². The number of nitrogen functional groups attached to an aromatic ring is 1. The van der Waals surface area contributed by atoms with Crippen LogP contribution < -0.4 is 11.1 Å². The van der Waals surface area contributed by atoms with Gasteiger partial charge in [0.1, 0.15) is 0 Å². The van der Waals surface area contributed by atoms with Crippen LogP contribution in [-0.2, 0) is 0 Å². The van der Waals surface area contributed by atoms with Crippen LogP contribution >= 0.6 is 11.3 Å². The number of nitrogens with one attached hydrogen (secondary N) is 1. The van der Waals surface area contributed by atoms with Gasteiger partial charge in [-0.3, -0.25) is 4.79 Å². The Labute approximate surface area is 110 Å². The van der Waals surface area contributed by atoms with Crippen molar-refractivity contribution in [1.29, 1.82) is 0 Å². The zero-order valence-corrected chi connectivity index (χ0v) is 11.6. The van der Waals surface area contributed by atoms with E-state index < -0.39 is 0 Å².